The number of amides is 2. The number of hydrogen-bond donors (Lipinski definition) is 3. The number of aromatic nitrogens is 4. The van der Waals surface area contributed by atoms with E-state index in [1.54, 1.807) is 62.9 Å². The van der Waals surface area contributed by atoms with Crippen LogP contribution in [0.3, 0.4) is 0 Å². The highest BCUT2D eigenvalue weighted by Gasteiger charge is 2.36. The van der Waals surface area contributed by atoms with Crippen LogP contribution in [-0.2, 0) is 4.74 Å². The van der Waals surface area contributed by atoms with E-state index in [0.717, 1.165) is 0 Å². The maximum atomic E-state index is 12.6. The van der Waals surface area contributed by atoms with Crippen LogP contribution in [-0.4, -0.2) is 91.1 Å². The van der Waals surface area contributed by atoms with Gasteiger partial charge in [0.2, 0.25) is 0 Å². The van der Waals surface area contributed by atoms with E-state index < -0.39 is 11.9 Å². The van der Waals surface area contributed by atoms with Crippen molar-refractivity contribution in [1.82, 2.24) is 28.9 Å². The number of H-pyrrole nitrogens is 2. The topological polar surface area (TPSA) is 180 Å². The predicted molar refractivity (Wildman–Crippen MR) is 206 cm³/mol. The third kappa shape index (κ3) is 7.21. The molecular weight excluding hydrogens is 798 g/mol. The molecule has 0 saturated carbocycles. The largest absolute Gasteiger partial charge is 0.478 e. The molecule has 2 fully saturated rings. The molecule has 4 aromatic carbocycles. The Morgan fingerprint density at radius 3 is 1.45 bits per heavy atom. The van der Waals surface area contributed by atoms with Gasteiger partial charge < -0.3 is 29.6 Å². The van der Waals surface area contributed by atoms with Crippen LogP contribution < -0.4 is 11.4 Å². The number of carbonyl (C=O) groups is 4. The highest BCUT2D eigenvalue weighted by Crippen LogP contribution is 2.31. The van der Waals surface area contributed by atoms with E-state index in [4.69, 9.17) is 56.2 Å². The highest BCUT2D eigenvalue weighted by molar-refractivity contribution is 6.37. The zero-order valence-electron chi connectivity index (χ0n) is 28.5. The Labute approximate surface area is 330 Å². The molecule has 55 heavy (non-hydrogen) atoms. The summed E-state index contributed by atoms with van der Waals surface area (Å²) >= 11 is 23.9. The van der Waals surface area contributed by atoms with Crippen LogP contribution in [0.4, 0.5) is 0 Å². The summed E-state index contributed by atoms with van der Waals surface area (Å²) in [6.45, 7) is 1.35. The van der Waals surface area contributed by atoms with Crippen molar-refractivity contribution in [3.05, 3.63) is 136 Å². The van der Waals surface area contributed by atoms with E-state index in [9.17, 15) is 28.8 Å². The molecule has 282 valence electrons. The fourth-order valence-corrected chi connectivity index (χ4v) is 7.56. The van der Waals surface area contributed by atoms with Crippen LogP contribution in [0, 0.1) is 0 Å². The first-order valence-electron chi connectivity index (χ1n) is 16.5. The number of methoxy groups -OCH3 is 1. The second-order valence-electron chi connectivity index (χ2n) is 12.8. The number of ether oxygens (including phenoxy) is 1. The van der Waals surface area contributed by atoms with Crippen molar-refractivity contribution in [2.75, 3.05) is 33.3 Å². The first kappa shape index (κ1) is 37.8. The molecular formula is C37H28Cl4N6O8. The van der Waals surface area contributed by atoms with Gasteiger partial charge in [-0.2, -0.15) is 0 Å². The summed E-state index contributed by atoms with van der Waals surface area (Å²) in [5.41, 5.74) is 2.78. The lowest BCUT2D eigenvalue weighted by molar-refractivity contribution is 0.0516. The van der Waals surface area contributed by atoms with Crippen molar-refractivity contribution in [1.29, 1.82) is 0 Å². The molecule has 2 aliphatic heterocycles. The molecule has 0 radical (unpaired) electrons. The van der Waals surface area contributed by atoms with Gasteiger partial charge in [-0.05, 0) is 72.8 Å². The van der Waals surface area contributed by atoms with E-state index in [1.807, 2.05) is 0 Å². The lowest BCUT2D eigenvalue weighted by Gasteiger charge is -2.39. The number of imidazole rings is 2. The van der Waals surface area contributed by atoms with Crippen molar-refractivity contribution < 1.29 is 29.0 Å². The zero-order valence-corrected chi connectivity index (χ0v) is 31.5. The van der Waals surface area contributed by atoms with Gasteiger partial charge in [-0.1, -0.05) is 46.4 Å². The molecule has 0 unspecified atom stereocenters. The van der Waals surface area contributed by atoms with E-state index in [1.165, 1.54) is 35.9 Å². The Hall–Kier alpha value is -5.54. The maximum absolute atomic E-state index is 12.6. The van der Waals surface area contributed by atoms with Gasteiger partial charge in [0.15, 0.2) is 0 Å². The molecule has 0 aliphatic carbocycles. The van der Waals surface area contributed by atoms with Crippen LogP contribution >= 0.6 is 46.4 Å². The Morgan fingerprint density at radius 1 is 0.636 bits per heavy atom. The number of carbonyl (C=O) groups excluding carboxylic acids is 3. The summed E-state index contributed by atoms with van der Waals surface area (Å²) in [6, 6.07) is 18.2. The third-order valence-electron chi connectivity index (χ3n) is 9.46. The standard InChI is InChI=1S/C19H15Cl2N3O4.C18H13Cl2N3O4/c1-28-18(26)10-2-5-15-16(6-10)24(19(27)22-15)12-8-23(9-12)17(25)13-4-3-11(20)7-14(13)21;19-10-2-3-12(13(20)6-10)16(24)22-7-11(8-22)23-15-5-9(17(25)26)1-4-14(15)21-18(23)27/h2-7,12H,8-9H2,1H3,(H,22,27);1-6,11H,7-8H2,(H,21,27)(H,25,26). The lowest BCUT2D eigenvalue weighted by atomic mass is 10.1. The van der Waals surface area contributed by atoms with E-state index >= 15 is 0 Å². The number of rotatable bonds is 6. The van der Waals surface area contributed by atoms with Crippen LogP contribution in [0.15, 0.2) is 82.4 Å². The summed E-state index contributed by atoms with van der Waals surface area (Å²) in [5.74, 6) is -2.02. The molecule has 14 nitrogen and oxygen atoms in total. The molecule has 0 atom stereocenters. The maximum Gasteiger partial charge on any atom is 0.337 e. The molecule has 4 heterocycles. The molecule has 3 N–H and O–H groups in total. The number of likely N-dealkylation sites (tertiary alicyclic amines) is 2. The Bertz CT molecular complexity index is 2670. The number of hydrogen-bond acceptors (Lipinski definition) is 7. The number of esters is 1. The van der Waals surface area contributed by atoms with Crippen molar-refractivity contribution in [2.24, 2.45) is 0 Å². The molecule has 2 amide bonds. The minimum Gasteiger partial charge on any atom is -0.478 e. The molecule has 2 saturated heterocycles. The van der Waals surface area contributed by atoms with Crippen LogP contribution in [0.2, 0.25) is 20.1 Å². The van der Waals surface area contributed by atoms with Crippen molar-refractivity contribution in [2.45, 2.75) is 12.1 Å². The number of aromatic amines is 2. The van der Waals surface area contributed by atoms with E-state index in [-0.39, 0.29) is 50.9 Å². The first-order chi connectivity index (χ1) is 26.2. The number of carboxylic acids is 1. The van der Waals surface area contributed by atoms with E-state index in [2.05, 4.69) is 9.97 Å². The average molecular weight is 826 g/mol. The SMILES string of the molecule is COC(=O)c1ccc2[nH]c(=O)n(C3CN(C(=O)c4ccc(Cl)cc4Cl)C3)c2c1.O=C(O)c1ccc2[nH]c(=O)n(C3CN(C(=O)c4ccc(Cl)cc4Cl)C3)c2c1. The number of halogens is 4. The quantitative estimate of drug-likeness (QED) is 0.167. The van der Waals surface area contributed by atoms with Crippen LogP contribution in [0.5, 0.6) is 0 Å². The second-order valence-corrected chi connectivity index (χ2v) is 14.5. The summed E-state index contributed by atoms with van der Waals surface area (Å²) in [6.07, 6.45) is 0. The van der Waals surface area contributed by atoms with Gasteiger partial charge in [0.25, 0.3) is 11.8 Å². The minimum atomic E-state index is -1.07. The van der Waals surface area contributed by atoms with Crippen molar-refractivity contribution >= 4 is 92.2 Å². The van der Waals surface area contributed by atoms with Crippen molar-refractivity contribution in [3.8, 4) is 0 Å². The van der Waals surface area contributed by atoms with Gasteiger partial charge in [-0.15, -0.1) is 0 Å². The van der Waals surface area contributed by atoms with Crippen LogP contribution in [0.1, 0.15) is 53.5 Å². The molecule has 6 aromatic rings. The molecule has 0 spiro atoms. The smallest absolute Gasteiger partial charge is 0.337 e. The first-order valence-corrected chi connectivity index (χ1v) is 18.0. The second kappa shape index (κ2) is 14.9. The Morgan fingerprint density at radius 2 is 1.05 bits per heavy atom. The molecule has 2 aliphatic rings. The molecule has 2 aromatic heterocycles. The van der Waals surface area contributed by atoms with Gasteiger partial charge in [-0.3, -0.25) is 18.7 Å². The highest BCUT2D eigenvalue weighted by atomic mass is 35.5. The summed E-state index contributed by atoms with van der Waals surface area (Å²) in [5, 5.41) is 10.6. The minimum absolute atomic E-state index is 0.0930. The van der Waals surface area contributed by atoms with Crippen LogP contribution in [0.25, 0.3) is 22.1 Å². The number of benzene rings is 4. The summed E-state index contributed by atoms with van der Waals surface area (Å²) < 4.78 is 7.80. The summed E-state index contributed by atoms with van der Waals surface area (Å²) in [4.78, 5) is 81.6. The lowest BCUT2D eigenvalue weighted by Crippen LogP contribution is -2.52. The fourth-order valence-electron chi connectivity index (χ4n) is 6.58. The van der Waals surface area contributed by atoms with Gasteiger partial charge in [0.1, 0.15) is 0 Å². The molecule has 18 heteroatoms. The molecule has 0 bridgehead atoms. The monoisotopic (exact) mass is 824 g/mol. The van der Waals surface area contributed by atoms with Crippen molar-refractivity contribution in [3.63, 3.8) is 0 Å². The summed E-state index contributed by atoms with van der Waals surface area (Å²) in [7, 11) is 1.30. The number of nitrogens with one attached hydrogen (secondary N) is 2. The predicted octanol–water partition coefficient (Wildman–Crippen LogP) is 6.15. The number of nitrogens with zero attached hydrogens (tertiary/aromatic N) is 4. The third-order valence-corrected chi connectivity index (χ3v) is 10.6. The van der Waals surface area contributed by atoms with Gasteiger partial charge in [0.05, 0.1) is 73.6 Å². The normalized spacial score (nSPS) is 14.3. The number of aromatic carboxylic acids is 1. The molecule has 8 rings (SSSR count). The number of carboxylic acid groups (broad SMARTS) is 1. The Balaban J connectivity index is 0.000000169. The number of fused-ring (bicyclic) bond motifs is 2. The zero-order chi connectivity index (χ0) is 39.3. The fraction of sp³-hybridized carbons (Fsp3) is 0.189. The average Bonchev–Trinajstić information content (AvgIpc) is 3.60. The Kier molecular flexibility index (Phi) is 10.3. The van der Waals surface area contributed by atoms with Gasteiger partial charge >= 0.3 is 23.3 Å². The van der Waals surface area contributed by atoms with Gasteiger partial charge in [-0.25, -0.2) is 19.2 Å². The van der Waals surface area contributed by atoms with Gasteiger partial charge in [0, 0.05) is 36.2 Å². The van der Waals surface area contributed by atoms with E-state index in [0.29, 0.717) is 75.0 Å².